The van der Waals surface area contributed by atoms with Gasteiger partial charge in [0.05, 0.1) is 22.4 Å². The Hall–Kier alpha value is -2.22. The van der Waals surface area contributed by atoms with Gasteiger partial charge in [-0.15, -0.1) is 0 Å². The van der Waals surface area contributed by atoms with Crippen LogP contribution >= 0.6 is 0 Å². The number of anilines is 2. The summed E-state index contributed by atoms with van der Waals surface area (Å²) in [6.45, 7) is 3.12. The Kier molecular flexibility index (Phi) is 2.87. The number of nitrogens with two attached hydrogens (primary N) is 2. The summed E-state index contributed by atoms with van der Waals surface area (Å²) in [4.78, 5) is 13.4. The third kappa shape index (κ3) is 1.86. The predicted molar refractivity (Wildman–Crippen MR) is 69.7 cm³/mol. The number of rotatable bonds is 2. The average Bonchev–Trinajstić information content (AvgIpc) is 2.73. The van der Waals surface area contributed by atoms with Crippen LogP contribution in [0.5, 0.6) is 0 Å². The summed E-state index contributed by atoms with van der Waals surface area (Å²) in [6.07, 6.45) is 0.707. The van der Waals surface area contributed by atoms with E-state index >= 15 is 0 Å². The fourth-order valence-electron chi connectivity index (χ4n) is 2.29. The average molecular weight is 244 g/mol. The Bertz CT molecular complexity index is 534. The minimum atomic E-state index is -0.519. The van der Waals surface area contributed by atoms with Crippen molar-refractivity contribution < 1.29 is 4.79 Å². The molecule has 0 aliphatic carbocycles. The number of hydrogen-bond donors (Lipinski definition) is 2. The lowest BCUT2D eigenvalue weighted by molar-refractivity contribution is -0.125. The third-order valence-corrected chi connectivity index (χ3v) is 3.61. The molecule has 1 aromatic carbocycles. The highest BCUT2D eigenvalue weighted by Crippen LogP contribution is 2.36. The number of nitrogen functional groups attached to an aromatic ring is 1. The van der Waals surface area contributed by atoms with E-state index in [-0.39, 0.29) is 5.91 Å². The molecule has 0 saturated carbocycles. The highest BCUT2D eigenvalue weighted by molar-refractivity contribution is 5.83. The van der Waals surface area contributed by atoms with Crippen LogP contribution in [0.1, 0.15) is 18.9 Å². The van der Waals surface area contributed by atoms with Crippen molar-refractivity contribution in [3.05, 3.63) is 23.8 Å². The summed E-state index contributed by atoms with van der Waals surface area (Å²) in [5.41, 5.74) is 12.6. The summed E-state index contributed by atoms with van der Waals surface area (Å²) < 4.78 is 0. The Balaban J connectivity index is 2.31. The molecular formula is C13H16N4O. The number of benzene rings is 1. The smallest absolute Gasteiger partial charge is 0.225 e. The number of para-hydroxylation sites is 1. The Labute approximate surface area is 106 Å². The van der Waals surface area contributed by atoms with Gasteiger partial charge < -0.3 is 16.4 Å². The van der Waals surface area contributed by atoms with Crippen LogP contribution in [-0.2, 0) is 4.79 Å². The van der Waals surface area contributed by atoms with E-state index < -0.39 is 5.41 Å². The molecule has 2 rings (SSSR count). The molecule has 0 spiro atoms. The van der Waals surface area contributed by atoms with Gasteiger partial charge in [-0.05, 0) is 25.5 Å². The van der Waals surface area contributed by atoms with Gasteiger partial charge in [-0.2, -0.15) is 5.26 Å². The van der Waals surface area contributed by atoms with Gasteiger partial charge in [-0.25, -0.2) is 0 Å². The topological polar surface area (TPSA) is 96.1 Å². The fraction of sp³-hybridized carbons (Fsp3) is 0.385. The van der Waals surface area contributed by atoms with E-state index in [9.17, 15) is 4.79 Å². The summed E-state index contributed by atoms with van der Waals surface area (Å²) in [7, 11) is 0. The number of carbonyl (C=O) groups is 1. The summed E-state index contributed by atoms with van der Waals surface area (Å²) >= 11 is 0. The van der Waals surface area contributed by atoms with Crippen molar-refractivity contribution >= 4 is 17.3 Å². The van der Waals surface area contributed by atoms with Crippen LogP contribution in [0.2, 0.25) is 0 Å². The standard InChI is InChI=1S/C13H16N4O/c1-13(12(16)18)5-6-17(8-13)10-4-2-3-9(7-14)11(10)15/h2-4H,5-6,8,15H2,1H3,(H2,16,18). The first-order chi connectivity index (χ1) is 8.48. The van der Waals surface area contributed by atoms with E-state index in [0.29, 0.717) is 24.2 Å². The molecule has 0 bridgehead atoms. The highest BCUT2D eigenvalue weighted by Gasteiger charge is 2.39. The second kappa shape index (κ2) is 4.22. The predicted octanol–water partition coefficient (Wildman–Crippen LogP) is 0.842. The van der Waals surface area contributed by atoms with E-state index in [1.807, 2.05) is 17.9 Å². The zero-order valence-electron chi connectivity index (χ0n) is 10.3. The molecule has 94 valence electrons. The maximum Gasteiger partial charge on any atom is 0.225 e. The molecule has 4 N–H and O–H groups in total. The van der Waals surface area contributed by atoms with Crippen molar-refractivity contribution in [3.8, 4) is 6.07 Å². The van der Waals surface area contributed by atoms with E-state index in [4.69, 9.17) is 16.7 Å². The lowest BCUT2D eigenvalue weighted by atomic mass is 9.89. The van der Waals surface area contributed by atoms with Crippen LogP contribution in [0, 0.1) is 16.7 Å². The second-order valence-corrected chi connectivity index (χ2v) is 4.95. The third-order valence-electron chi connectivity index (χ3n) is 3.61. The molecule has 1 aliphatic heterocycles. The molecule has 1 aromatic rings. The van der Waals surface area contributed by atoms with Gasteiger partial charge in [0, 0.05) is 13.1 Å². The van der Waals surface area contributed by atoms with Crippen LogP contribution in [0.15, 0.2) is 18.2 Å². The van der Waals surface area contributed by atoms with E-state index in [2.05, 4.69) is 6.07 Å². The van der Waals surface area contributed by atoms with Crippen molar-refractivity contribution in [3.63, 3.8) is 0 Å². The number of hydrogen-bond acceptors (Lipinski definition) is 4. The van der Waals surface area contributed by atoms with Crippen LogP contribution in [0.3, 0.4) is 0 Å². The molecule has 18 heavy (non-hydrogen) atoms. The number of primary amides is 1. The van der Waals surface area contributed by atoms with E-state index in [1.165, 1.54) is 0 Å². The lowest BCUT2D eigenvalue weighted by Crippen LogP contribution is -2.37. The quantitative estimate of drug-likeness (QED) is 0.753. The summed E-state index contributed by atoms with van der Waals surface area (Å²) in [5.74, 6) is -0.292. The van der Waals surface area contributed by atoms with Gasteiger partial charge in [-0.3, -0.25) is 4.79 Å². The van der Waals surface area contributed by atoms with Crippen LogP contribution in [0.4, 0.5) is 11.4 Å². The van der Waals surface area contributed by atoms with Gasteiger partial charge in [-0.1, -0.05) is 6.07 Å². The number of carbonyl (C=O) groups excluding carboxylic acids is 1. The molecule has 1 amide bonds. The zero-order chi connectivity index (χ0) is 13.3. The summed E-state index contributed by atoms with van der Waals surface area (Å²) in [5, 5.41) is 8.95. The van der Waals surface area contributed by atoms with Crippen molar-refractivity contribution in [2.45, 2.75) is 13.3 Å². The second-order valence-electron chi connectivity index (χ2n) is 4.95. The molecule has 1 atom stereocenters. The Morgan fingerprint density at radius 3 is 2.83 bits per heavy atom. The lowest BCUT2D eigenvalue weighted by Gasteiger charge is -2.23. The van der Waals surface area contributed by atoms with Gasteiger partial charge in [0.15, 0.2) is 0 Å². The maximum atomic E-state index is 11.4. The highest BCUT2D eigenvalue weighted by atomic mass is 16.1. The number of nitrogens with zero attached hydrogens (tertiary/aromatic N) is 2. The van der Waals surface area contributed by atoms with Crippen molar-refractivity contribution in [2.24, 2.45) is 11.1 Å². The van der Waals surface area contributed by atoms with Gasteiger partial charge in [0.25, 0.3) is 0 Å². The fourth-order valence-corrected chi connectivity index (χ4v) is 2.29. The SMILES string of the molecule is CC1(C(N)=O)CCN(c2cccc(C#N)c2N)C1. The molecule has 0 radical (unpaired) electrons. The molecule has 5 nitrogen and oxygen atoms in total. The molecule has 1 heterocycles. The summed E-state index contributed by atoms with van der Waals surface area (Å²) in [6, 6.07) is 7.40. The molecular weight excluding hydrogens is 228 g/mol. The van der Waals surface area contributed by atoms with Crippen molar-refractivity contribution in [1.82, 2.24) is 0 Å². The normalized spacial score (nSPS) is 22.8. The molecule has 5 heteroatoms. The number of amides is 1. The number of nitriles is 1. The van der Waals surface area contributed by atoms with Crippen LogP contribution < -0.4 is 16.4 Å². The first-order valence-electron chi connectivity index (χ1n) is 5.81. The molecule has 0 aromatic heterocycles. The molecule has 1 fully saturated rings. The first kappa shape index (κ1) is 12.2. The van der Waals surface area contributed by atoms with Gasteiger partial charge in [0.1, 0.15) is 6.07 Å². The van der Waals surface area contributed by atoms with Crippen LogP contribution in [0.25, 0.3) is 0 Å². The monoisotopic (exact) mass is 244 g/mol. The van der Waals surface area contributed by atoms with E-state index in [0.717, 1.165) is 12.2 Å². The largest absolute Gasteiger partial charge is 0.396 e. The minimum absolute atomic E-state index is 0.292. The van der Waals surface area contributed by atoms with Gasteiger partial charge >= 0.3 is 0 Å². The Morgan fingerprint density at radius 2 is 2.28 bits per heavy atom. The van der Waals surface area contributed by atoms with Crippen molar-refractivity contribution in [1.29, 1.82) is 5.26 Å². The molecule has 1 aliphatic rings. The minimum Gasteiger partial charge on any atom is -0.396 e. The Morgan fingerprint density at radius 1 is 1.56 bits per heavy atom. The van der Waals surface area contributed by atoms with Gasteiger partial charge in [0.2, 0.25) is 5.91 Å². The first-order valence-corrected chi connectivity index (χ1v) is 5.81. The molecule has 1 unspecified atom stereocenters. The maximum absolute atomic E-state index is 11.4. The van der Waals surface area contributed by atoms with Crippen LogP contribution in [-0.4, -0.2) is 19.0 Å². The van der Waals surface area contributed by atoms with Crippen molar-refractivity contribution in [2.75, 3.05) is 23.7 Å². The van der Waals surface area contributed by atoms with E-state index in [1.54, 1.807) is 12.1 Å². The zero-order valence-corrected chi connectivity index (χ0v) is 10.3. The molecule has 1 saturated heterocycles.